The molecule has 0 atom stereocenters. The third-order valence-electron chi connectivity index (χ3n) is 2.98. The SMILES string of the molecule is CN(CCCl)CCNc1ccnc2cc(Cl)ccc12. The summed E-state index contributed by atoms with van der Waals surface area (Å²) in [5, 5.41) is 5.23. The minimum absolute atomic E-state index is 0.660. The van der Waals surface area contributed by atoms with Gasteiger partial charge in [-0.2, -0.15) is 0 Å². The molecule has 19 heavy (non-hydrogen) atoms. The van der Waals surface area contributed by atoms with E-state index in [1.807, 2.05) is 24.3 Å². The molecule has 1 aromatic heterocycles. The minimum atomic E-state index is 0.660. The van der Waals surface area contributed by atoms with E-state index in [0.29, 0.717) is 10.9 Å². The summed E-state index contributed by atoms with van der Waals surface area (Å²) in [7, 11) is 2.06. The zero-order valence-electron chi connectivity index (χ0n) is 10.9. The number of hydrogen-bond donors (Lipinski definition) is 1. The van der Waals surface area contributed by atoms with E-state index in [-0.39, 0.29) is 0 Å². The van der Waals surface area contributed by atoms with Crippen LogP contribution in [0.25, 0.3) is 10.9 Å². The Kier molecular flexibility index (Phi) is 5.25. The average molecular weight is 298 g/mol. The molecule has 1 heterocycles. The van der Waals surface area contributed by atoms with Crippen LogP contribution in [0.3, 0.4) is 0 Å². The maximum Gasteiger partial charge on any atom is 0.0737 e. The van der Waals surface area contributed by atoms with Gasteiger partial charge in [0, 0.05) is 47.8 Å². The first kappa shape index (κ1) is 14.4. The van der Waals surface area contributed by atoms with E-state index in [9.17, 15) is 0 Å². The summed E-state index contributed by atoms with van der Waals surface area (Å²) in [4.78, 5) is 6.52. The average Bonchev–Trinajstić information content (AvgIpc) is 2.39. The van der Waals surface area contributed by atoms with Gasteiger partial charge >= 0.3 is 0 Å². The molecule has 102 valence electrons. The molecule has 0 bridgehead atoms. The summed E-state index contributed by atoms with van der Waals surface area (Å²) in [5.41, 5.74) is 1.99. The number of pyridine rings is 1. The molecule has 3 nitrogen and oxygen atoms in total. The number of anilines is 1. The zero-order valence-corrected chi connectivity index (χ0v) is 12.4. The van der Waals surface area contributed by atoms with Crippen LogP contribution in [-0.2, 0) is 0 Å². The fraction of sp³-hybridized carbons (Fsp3) is 0.357. The van der Waals surface area contributed by atoms with Crippen LogP contribution < -0.4 is 5.32 Å². The van der Waals surface area contributed by atoms with Crippen LogP contribution in [0.5, 0.6) is 0 Å². The monoisotopic (exact) mass is 297 g/mol. The second-order valence-electron chi connectivity index (χ2n) is 4.44. The Hall–Kier alpha value is -1.03. The maximum atomic E-state index is 5.97. The number of likely N-dealkylation sites (N-methyl/N-ethyl adjacent to an activating group) is 1. The summed E-state index contributed by atoms with van der Waals surface area (Å²) in [6, 6.07) is 7.74. The van der Waals surface area contributed by atoms with Crippen LogP contribution in [0.4, 0.5) is 5.69 Å². The topological polar surface area (TPSA) is 28.2 Å². The van der Waals surface area contributed by atoms with Gasteiger partial charge in [-0.3, -0.25) is 4.98 Å². The van der Waals surface area contributed by atoms with Crippen molar-refractivity contribution in [2.75, 3.05) is 37.9 Å². The molecule has 0 saturated carbocycles. The van der Waals surface area contributed by atoms with Crippen LogP contribution in [0.15, 0.2) is 30.5 Å². The van der Waals surface area contributed by atoms with Crippen molar-refractivity contribution in [1.82, 2.24) is 9.88 Å². The molecule has 5 heteroatoms. The van der Waals surface area contributed by atoms with Crippen LogP contribution in [0.1, 0.15) is 0 Å². The highest BCUT2D eigenvalue weighted by atomic mass is 35.5. The summed E-state index contributed by atoms with van der Waals surface area (Å²) in [6.45, 7) is 2.72. The van der Waals surface area contributed by atoms with Crippen molar-refractivity contribution in [1.29, 1.82) is 0 Å². The van der Waals surface area contributed by atoms with Crippen LogP contribution >= 0.6 is 23.2 Å². The molecule has 0 aliphatic heterocycles. The maximum absolute atomic E-state index is 5.97. The summed E-state index contributed by atoms with van der Waals surface area (Å²) in [5.74, 6) is 0.660. The fourth-order valence-electron chi connectivity index (χ4n) is 1.91. The molecule has 1 N–H and O–H groups in total. The molecule has 0 amide bonds. The lowest BCUT2D eigenvalue weighted by atomic mass is 10.2. The highest BCUT2D eigenvalue weighted by Crippen LogP contribution is 2.24. The summed E-state index contributed by atoms with van der Waals surface area (Å²) >= 11 is 11.7. The van der Waals surface area contributed by atoms with Gasteiger partial charge in [0.15, 0.2) is 0 Å². The van der Waals surface area contributed by atoms with Gasteiger partial charge in [0.1, 0.15) is 0 Å². The first-order valence-corrected chi connectivity index (χ1v) is 7.14. The second kappa shape index (κ2) is 6.94. The van der Waals surface area contributed by atoms with E-state index in [2.05, 4.69) is 22.2 Å². The number of halogens is 2. The van der Waals surface area contributed by atoms with Gasteiger partial charge in [-0.05, 0) is 31.3 Å². The molecule has 0 radical (unpaired) electrons. The fourth-order valence-corrected chi connectivity index (χ4v) is 2.37. The molecule has 0 spiro atoms. The van der Waals surface area contributed by atoms with Crippen molar-refractivity contribution in [3.63, 3.8) is 0 Å². The highest BCUT2D eigenvalue weighted by molar-refractivity contribution is 6.31. The number of benzene rings is 1. The van der Waals surface area contributed by atoms with Crippen LogP contribution in [0.2, 0.25) is 5.02 Å². The Morgan fingerprint density at radius 2 is 2.11 bits per heavy atom. The number of nitrogens with one attached hydrogen (secondary N) is 1. The first-order chi connectivity index (χ1) is 9.20. The predicted molar refractivity (Wildman–Crippen MR) is 83.5 cm³/mol. The highest BCUT2D eigenvalue weighted by Gasteiger charge is 2.03. The largest absolute Gasteiger partial charge is 0.383 e. The number of fused-ring (bicyclic) bond motifs is 1. The molecule has 2 aromatic rings. The summed E-state index contributed by atoms with van der Waals surface area (Å²) < 4.78 is 0. The van der Waals surface area contributed by atoms with Crippen molar-refractivity contribution in [2.24, 2.45) is 0 Å². The molecular formula is C14H17Cl2N3. The normalized spacial score (nSPS) is 11.2. The third-order valence-corrected chi connectivity index (χ3v) is 3.38. The van der Waals surface area contributed by atoms with Crippen LogP contribution in [0, 0.1) is 0 Å². The van der Waals surface area contributed by atoms with E-state index in [4.69, 9.17) is 23.2 Å². The smallest absolute Gasteiger partial charge is 0.0737 e. The molecule has 0 fully saturated rings. The van der Waals surface area contributed by atoms with Gasteiger partial charge in [-0.25, -0.2) is 0 Å². The minimum Gasteiger partial charge on any atom is -0.383 e. The van der Waals surface area contributed by atoms with E-state index in [1.54, 1.807) is 6.20 Å². The summed E-state index contributed by atoms with van der Waals surface area (Å²) in [6.07, 6.45) is 1.80. The number of hydrogen-bond acceptors (Lipinski definition) is 3. The molecule has 0 saturated heterocycles. The lowest BCUT2D eigenvalue weighted by Gasteiger charge is -2.16. The molecule has 0 aliphatic carbocycles. The van der Waals surface area contributed by atoms with Gasteiger partial charge in [0.2, 0.25) is 0 Å². The van der Waals surface area contributed by atoms with Crippen molar-refractivity contribution in [3.8, 4) is 0 Å². The number of alkyl halides is 1. The number of aromatic nitrogens is 1. The molecule has 0 aliphatic rings. The Balaban J connectivity index is 2.04. The molecular weight excluding hydrogens is 281 g/mol. The van der Waals surface area contributed by atoms with Crippen LogP contribution in [-0.4, -0.2) is 42.4 Å². The van der Waals surface area contributed by atoms with Crippen molar-refractivity contribution in [3.05, 3.63) is 35.5 Å². The quantitative estimate of drug-likeness (QED) is 0.828. The third kappa shape index (κ3) is 3.96. The zero-order chi connectivity index (χ0) is 13.7. The first-order valence-electron chi connectivity index (χ1n) is 6.23. The van der Waals surface area contributed by atoms with Crippen molar-refractivity contribution >= 4 is 39.8 Å². The number of nitrogens with zero attached hydrogens (tertiary/aromatic N) is 2. The Bertz CT molecular complexity index is 545. The Labute approximate surface area is 123 Å². The molecule has 0 unspecified atom stereocenters. The van der Waals surface area contributed by atoms with E-state index in [1.165, 1.54) is 0 Å². The Morgan fingerprint density at radius 3 is 2.89 bits per heavy atom. The van der Waals surface area contributed by atoms with E-state index >= 15 is 0 Å². The Morgan fingerprint density at radius 1 is 1.26 bits per heavy atom. The van der Waals surface area contributed by atoms with Gasteiger partial charge < -0.3 is 10.2 Å². The van der Waals surface area contributed by atoms with Gasteiger partial charge in [0.25, 0.3) is 0 Å². The van der Waals surface area contributed by atoms with Crippen molar-refractivity contribution < 1.29 is 0 Å². The van der Waals surface area contributed by atoms with Gasteiger partial charge in [-0.15, -0.1) is 11.6 Å². The molecule has 1 aromatic carbocycles. The molecule has 2 rings (SSSR count). The van der Waals surface area contributed by atoms with Gasteiger partial charge in [-0.1, -0.05) is 11.6 Å². The van der Waals surface area contributed by atoms with Crippen molar-refractivity contribution in [2.45, 2.75) is 0 Å². The van der Waals surface area contributed by atoms with Gasteiger partial charge in [0.05, 0.1) is 5.52 Å². The number of rotatable bonds is 6. The predicted octanol–water partition coefficient (Wildman–Crippen LogP) is 3.47. The lowest BCUT2D eigenvalue weighted by Crippen LogP contribution is -2.26. The standard InChI is InChI=1S/C14H17Cl2N3/c1-19(8-5-15)9-7-18-13-4-6-17-14-10-11(16)2-3-12(13)14/h2-4,6,10H,5,7-9H2,1H3,(H,17,18). The lowest BCUT2D eigenvalue weighted by molar-refractivity contribution is 0.369. The second-order valence-corrected chi connectivity index (χ2v) is 5.25. The van der Waals surface area contributed by atoms with E-state index < -0.39 is 0 Å². The van der Waals surface area contributed by atoms with E-state index in [0.717, 1.165) is 36.2 Å².